The number of rotatable bonds is 6. The minimum Gasteiger partial charge on any atom is -0.456 e. The first-order valence-corrected chi connectivity index (χ1v) is 21.3. The van der Waals surface area contributed by atoms with Gasteiger partial charge in [0, 0.05) is 60.4 Å². The molecule has 0 bridgehead atoms. The van der Waals surface area contributed by atoms with Gasteiger partial charge in [0.25, 0.3) is 0 Å². The number of furan rings is 1. The van der Waals surface area contributed by atoms with E-state index in [2.05, 4.69) is 197 Å². The minimum absolute atomic E-state index is 0.662. The molecule has 0 unspecified atom stereocenters. The fraction of sp³-hybridized carbons (Fsp3) is 0. The highest BCUT2D eigenvalue weighted by molar-refractivity contribution is 6.11. The molecule has 4 aromatic heterocycles. The molecule has 0 spiro atoms. The Hall–Kier alpha value is -8.54. The summed E-state index contributed by atoms with van der Waals surface area (Å²) in [5.41, 5.74) is 15.2. The second-order valence-corrected chi connectivity index (χ2v) is 16.2. The van der Waals surface area contributed by atoms with Gasteiger partial charge < -0.3 is 13.6 Å². The third kappa shape index (κ3) is 5.64. The van der Waals surface area contributed by atoms with Gasteiger partial charge in [0.15, 0.2) is 5.82 Å². The molecule has 0 aliphatic heterocycles. The van der Waals surface area contributed by atoms with Gasteiger partial charge in [-0.05, 0) is 77.9 Å². The average Bonchev–Trinajstić information content (AvgIpc) is 4.02. The summed E-state index contributed by atoms with van der Waals surface area (Å²) in [4.78, 5) is 10.8. The Labute approximate surface area is 362 Å². The summed E-state index contributed by atoms with van der Waals surface area (Å²) < 4.78 is 11.0. The van der Waals surface area contributed by atoms with Crippen LogP contribution in [0.25, 0.3) is 122 Å². The number of nitrogens with zero attached hydrogens (tertiary/aromatic N) is 4. The van der Waals surface area contributed by atoms with E-state index in [1.807, 2.05) is 30.3 Å². The summed E-state index contributed by atoms with van der Waals surface area (Å²) >= 11 is 0. The molecule has 0 atom stereocenters. The zero-order valence-corrected chi connectivity index (χ0v) is 34.0. The maximum absolute atomic E-state index is 6.23. The normalized spacial score (nSPS) is 11.8. The van der Waals surface area contributed by atoms with E-state index in [4.69, 9.17) is 14.4 Å². The molecule has 63 heavy (non-hydrogen) atoms. The van der Waals surface area contributed by atoms with Crippen LogP contribution < -0.4 is 0 Å². The summed E-state index contributed by atoms with van der Waals surface area (Å²) in [7, 11) is 0. The number of hydrogen-bond donors (Lipinski definition) is 0. The summed E-state index contributed by atoms with van der Waals surface area (Å²) in [6, 6.07) is 77.4. The SMILES string of the molecule is c1ccc(-c2nc(-c3cc(-n4c5ccccc5c5ccccc54)cc(-n4c5ccccc5c5ccccc54)c3)cc(-c3ccccc3-c3ccc4oc5ccccc5c4c3)n2)cc1. The standard InChI is InChI=1S/C58H36N4O/c1-2-16-37(17-3-1)58-59-50(36-51(60-58)43-19-5-4-18-42(43)38-30-31-57-49(34-38)48-24-10-15-29-56(48)63-57)39-32-40(61-52-25-11-6-20-44(52)45-21-7-12-26-53(45)61)35-41(33-39)62-54-27-13-8-22-46(54)47-23-9-14-28-55(47)62/h1-36H. The fourth-order valence-electron chi connectivity index (χ4n) is 9.70. The minimum atomic E-state index is 0.662. The Morgan fingerprint density at radius 1 is 0.302 bits per heavy atom. The van der Waals surface area contributed by atoms with Crippen LogP contribution in [0.3, 0.4) is 0 Å². The Morgan fingerprint density at radius 2 is 0.778 bits per heavy atom. The van der Waals surface area contributed by atoms with Crippen molar-refractivity contribution in [1.82, 2.24) is 19.1 Å². The van der Waals surface area contributed by atoms with E-state index in [1.54, 1.807) is 0 Å². The van der Waals surface area contributed by atoms with Crippen LogP contribution in [0.4, 0.5) is 0 Å². The van der Waals surface area contributed by atoms with Crippen molar-refractivity contribution in [1.29, 1.82) is 0 Å². The topological polar surface area (TPSA) is 48.8 Å². The lowest BCUT2D eigenvalue weighted by molar-refractivity contribution is 0.669. The van der Waals surface area contributed by atoms with Crippen LogP contribution in [0.5, 0.6) is 0 Å². The fourth-order valence-corrected chi connectivity index (χ4v) is 9.70. The predicted octanol–water partition coefficient (Wildman–Crippen LogP) is 15.2. The maximum Gasteiger partial charge on any atom is 0.160 e. The molecule has 0 amide bonds. The van der Waals surface area contributed by atoms with Gasteiger partial charge in [-0.1, -0.05) is 152 Å². The quantitative estimate of drug-likeness (QED) is 0.168. The first-order chi connectivity index (χ1) is 31.2. The zero-order chi connectivity index (χ0) is 41.4. The lowest BCUT2D eigenvalue weighted by Crippen LogP contribution is -2.02. The first kappa shape index (κ1) is 35.2. The molecule has 0 radical (unpaired) electrons. The van der Waals surface area contributed by atoms with Crippen LogP contribution in [0.15, 0.2) is 223 Å². The van der Waals surface area contributed by atoms with Crippen LogP contribution in [-0.4, -0.2) is 19.1 Å². The van der Waals surface area contributed by atoms with Gasteiger partial charge >= 0.3 is 0 Å². The average molecular weight is 805 g/mol. The van der Waals surface area contributed by atoms with Crippen molar-refractivity contribution in [2.45, 2.75) is 0 Å². The summed E-state index contributed by atoms with van der Waals surface area (Å²) in [5, 5.41) is 7.05. The van der Waals surface area contributed by atoms with E-state index in [0.717, 1.165) is 94.6 Å². The third-order valence-electron chi connectivity index (χ3n) is 12.5. The monoisotopic (exact) mass is 804 g/mol. The summed E-state index contributed by atoms with van der Waals surface area (Å²) in [6.45, 7) is 0. The number of hydrogen-bond acceptors (Lipinski definition) is 3. The van der Waals surface area contributed by atoms with Crippen LogP contribution >= 0.6 is 0 Å². The third-order valence-corrected chi connectivity index (χ3v) is 12.5. The largest absolute Gasteiger partial charge is 0.456 e. The first-order valence-electron chi connectivity index (χ1n) is 21.3. The van der Waals surface area contributed by atoms with E-state index < -0.39 is 0 Å². The molecule has 0 aliphatic carbocycles. The smallest absolute Gasteiger partial charge is 0.160 e. The molecule has 0 aliphatic rings. The molecule has 13 aromatic rings. The molecular weight excluding hydrogens is 769 g/mol. The summed E-state index contributed by atoms with van der Waals surface area (Å²) in [6.07, 6.45) is 0. The molecule has 0 saturated heterocycles. The number of para-hydroxylation sites is 5. The Bertz CT molecular complexity index is 3690. The van der Waals surface area contributed by atoms with E-state index in [0.29, 0.717) is 5.82 Å². The molecule has 5 heteroatoms. The van der Waals surface area contributed by atoms with E-state index >= 15 is 0 Å². The highest BCUT2D eigenvalue weighted by atomic mass is 16.3. The molecule has 5 nitrogen and oxygen atoms in total. The molecule has 0 fully saturated rings. The second kappa shape index (κ2) is 14.0. The molecule has 0 saturated carbocycles. The Balaban J connectivity index is 1.09. The van der Waals surface area contributed by atoms with Gasteiger partial charge in [0.05, 0.1) is 33.5 Å². The molecule has 13 rings (SSSR count). The van der Waals surface area contributed by atoms with Crippen LogP contribution in [-0.2, 0) is 0 Å². The van der Waals surface area contributed by atoms with Gasteiger partial charge in [-0.15, -0.1) is 0 Å². The highest BCUT2D eigenvalue weighted by Gasteiger charge is 2.20. The summed E-state index contributed by atoms with van der Waals surface area (Å²) in [5.74, 6) is 0.662. The van der Waals surface area contributed by atoms with Crippen molar-refractivity contribution in [3.05, 3.63) is 218 Å². The van der Waals surface area contributed by atoms with Gasteiger partial charge in [-0.2, -0.15) is 0 Å². The van der Waals surface area contributed by atoms with Crippen LogP contribution in [0, 0.1) is 0 Å². The van der Waals surface area contributed by atoms with Gasteiger partial charge in [0.2, 0.25) is 0 Å². The zero-order valence-electron chi connectivity index (χ0n) is 34.0. The lowest BCUT2D eigenvalue weighted by Gasteiger charge is -2.17. The van der Waals surface area contributed by atoms with Crippen LogP contribution in [0.1, 0.15) is 0 Å². The molecule has 294 valence electrons. The number of benzene rings is 9. The van der Waals surface area contributed by atoms with Crippen molar-refractivity contribution < 1.29 is 4.42 Å². The van der Waals surface area contributed by atoms with E-state index in [1.165, 1.54) is 21.5 Å². The van der Waals surface area contributed by atoms with Crippen molar-refractivity contribution in [2.24, 2.45) is 0 Å². The maximum atomic E-state index is 6.23. The van der Waals surface area contributed by atoms with E-state index in [-0.39, 0.29) is 0 Å². The predicted molar refractivity (Wildman–Crippen MR) is 260 cm³/mol. The highest BCUT2D eigenvalue weighted by Crippen LogP contribution is 2.41. The van der Waals surface area contributed by atoms with Gasteiger partial charge in [0.1, 0.15) is 11.2 Å². The van der Waals surface area contributed by atoms with Gasteiger partial charge in [-0.25, -0.2) is 9.97 Å². The Morgan fingerprint density at radius 3 is 1.38 bits per heavy atom. The second-order valence-electron chi connectivity index (χ2n) is 16.2. The van der Waals surface area contributed by atoms with Crippen LogP contribution in [0.2, 0.25) is 0 Å². The molecular formula is C58H36N4O. The van der Waals surface area contributed by atoms with E-state index in [9.17, 15) is 0 Å². The molecule has 9 aromatic carbocycles. The van der Waals surface area contributed by atoms with Crippen molar-refractivity contribution >= 4 is 65.6 Å². The lowest BCUT2D eigenvalue weighted by atomic mass is 9.95. The van der Waals surface area contributed by atoms with Gasteiger partial charge in [-0.3, -0.25) is 0 Å². The number of aromatic nitrogens is 4. The molecule has 4 heterocycles. The van der Waals surface area contributed by atoms with Crippen molar-refractivity contribution in [3.8, 4) is 56.4 Å². The van der Waals surface area contributed by atoms with Crippen molar-refractivity contribution in [3.63, 3.8) is 0 Å². The molecule has 0 N–H and O–H groups in total. The van der Waals surface area contributed by atoms with Crippen molar-refractivity contribution in [2.75, 3.05) is 0 Å². The number of fused-ring (bicyclic) bond motifs is 9. The Kier molecular flexibility index (Phi) is 7.84.